The SMILES string of the molecule is C=CN(C)CC1C(C)C1(C)C. The first-order valence-corrected chi connectivity index (χ1v) is 4.33. The summed E-state index contributed by atoms with van der Waals surface area (Å²) in [7, 11) is 2.09. The Morgan fingerprint density at radius 3 is 2.27 bits per heavy atom. The maximum atomic E-state index is 3.74. The quantitative estimate of drug-likeness (QED) is 0.601. The van der Waals surface area contributed by atoms with Gasteiger partial charge in [0.2, 0.25) is 0 Å². The van der Waals surface area contributed by atoms with E-state index < -0.39 is 0 Å². The molecule has 1 saturated carbocycles. The summed E-state index contributed by atoms with van der Waals surface area (Å²) in [5.41, 5.74) is 0.567. The molecule has 0 aromatic rings. The van der Waals surface area contributed by atoms with Crippen LogP contribution in [0.25, 0.3) is 0 Å². The van der Waals surface area contributed by atoms with Crippen molar-refractivity contribution in [2.45, 2.75) is 20.8 Å². The van der Waals surface area contributed by atoms with Crippen molar-refractivity contribution in [2.75, 3.05) is 13.6 Å². The summed E-state index contributed by atoms with van der Waals surface area (Å²) in [6, 6.07) is 0. The lowest BCUT2D eigenvalue weighted by Gasteiger charge is -2.13. The Bertz CT molecular complexity index is 160. The molecule has 1 rings (SSSR count). The second-order valence-electron chi connectivity index (χ2n) is 4.34. The van der Waals surface area contributed by atoms with Crippen LogP contribution in [0.3, 0.4) is 0 Å². The number of hydrogen-bond donors (Lipinski definition) is 0. The molecule has 1 aliphatic carbocycles. The summed E-state index contributed by atoms with van der Waals surface area (Å²) < 4.78 is 0. The van der Waals surface area contributed by atoms with Crippen LogP contribution in [0.15, 0.2) is 12.8 Å². The molecular weight excluding hydrogens is 134 g/mol. The van der Waals surface area contributed by atoms with Crippen molar-refractivity contribution in [2.24, 2.45) is 17.3 Å². The Balaban J connectivity index is 2.37. The summed E-state index contributed by atoms with van der Waals surface area (Å²) >= 11 is 0. The van der Waals surface area contributed by atoms with E-state index >= 15 is 0 Å². The monoisotopic (exact) mass is 153 g/mol. The van der Waals surface area contributed by atoms with Crippen LogP contribution in [-0.2, 0) is 0 Å². The fraction of sp³-hybridized carbons (Fsp3) is 0.800. The molecule has 0 heterocycles. The zero-order valence-electron chi connectivity index (χ0n) is 8.09. The third-order valence-electron chi connectivity index (χ3n) is 3.42. The van der Waals surface area contributed by atoms with E-state index in [2.05, 4.69) is 39.3 Å². The van der Waals surface area contributed by atoms with Gasteiger partial charge < -0.3 is 4.90 Å². The molecular formula is C10H19N. The zero-order valence-corrected chi connectivity index (χ0v) is 8.09. The molecule has 1 heteroatoms. The van der Waals surface area contributed by atoms with Crippen LogP contribution in [0.5, 0.6) is 0 Å². The molecule has 0 N–H and O–H groups in total. The average Bonchev–Trinajstić information content (AvgIpc) is 2.39. The van der Waals surface area contributed by atoms with Gasteiger partial charge in [0.25, 0.3) is 0 Å². The first kappa shape index (κ1) is 8.63. The molecule has 0 amide bonds. The van der Waals surface area contributed by atoms with Gasteiger partial charge in [0.15, 0.2) is 0 Å². The first-order valence-electron chi connectivity index (χ1n) is 4.33. The minimum absolute atomic E-state index is 0.567. The van der Waals surface area contributed by atoms with Crippen LogP contribution >= 0.6 is 0 Å². The van der Waals surface area contributed by atoms with Gasteiger partial charge in [0.05, 0.1) is 0 Å². The van der Waals surface area contributed by atoms with Gasteiger partial charge >= 0.3 is 0 Å². The van der Waals surface area contributed by atoms with Crippen LogP contribution in [-0.4, -0.2) is 18.5 Å². The van der Waals surface area contributed by atoms with E-state index in [4.69, 9.17) is 0 Å². The lowest BCUT2D eigenvalue weighted by atomic mass is 10.1. The van der Waals surface area contributed by atoms with Gasteiger partial charge in [0.1, 0.15) is 0 Å². The topological polar surface area (TPSA) is 3.24 Å². The largest absolute Gasteiger partial charge is 0.381 e. The maximum Gasteiger partial charge on any atom is 0.0205 e. The summed E-state index contributed by atoms with van der Waals surface area (Å²) in [6.45, 7) is 11.9. The number of rotatable bonds is 3. The Morgan fingerprint density at radius 2 is 2.00 bits per heavy atom. The van der Waals surface area contributed by atoms with Crippen molar-refractivity contribution < 1.29 is 0 Å². The Kier molecular flexibility index (Phi) is 2.00. The minimum Gasteiger partial charge on any atom is -0.381 e. The molecule has 0 radical (unpaired) electrons. The van der Waals surface area contributed by atoms with Crippen molar-refractivity contribution >= 4 is 0 Å². The second-order valence-corrected chi connectivity index (χ2v) is 4.34. The van der Waals surface area contributed by atoms with Gasteiger partial charge in [-0.15, -0.1) is 0 Å². The van der Waals surface area contributed by atoms with E-state index in [0.717, 1.165) is 18.4 Å². The van der Waals surface area contributed by atoms with Crippen LogP contribution in [0.4, 0.5) is 0 Å². The highest BCUT2D eigenvalue weighted by Gasteiger charge is 2.54. The van der Waals surface area contributed by atoms with E-state index in [-0.39, 0.29) is 0 Å². The highest BCUT2D eigenvalue weighted by molar-refractivity contribution is 5.03. The predicted octanol–water partition coefficient (Wildman–Crippen LogP) is 2.35. The molecule has 0 spiro atoms. The average molecular weight is 153 g/mol. The van der Waals surface area contributed by atoms with Crippen molar-refractivity contribution in [3.63, 3.8) is 0 Å². The molecule has 0 aliphatic heterocycles. The smallest absolute Gasteiger partial charge is 0.0205 e. The first-order chi connectivity index (χ1) is 5.00. The highest BCUT2D eigenvalue weighted by Crippen LogP contribution is 2.57. The van der Waals surface area contributed by atoms with E-state index in [1.54, 1.807) is 0 Å². The summed E-state index contributed by atoms with van der Waals surface area (Å²) in [4.78, 5) is 2.18. The van der Waals surface area contributed by atoms with Crippen molar-refractivity contribution in [1.29, 1.82) is 0 Å². The Hall–Kier alpha value is -0.460. The lowest BCUT2D eigenvalue weighted by Crippen LogP contribution is -2.15. The van der Waals surface area contributed by atoms with Crippen molar-refractivity contribution in [1.82, 2.24) is 4.90 Å². The maximum absolute atomic E-state index is 3.74. The van der Waals surface area contributed by atoms with Crippen LogP contribution in [0, 0.1) is 17.3 Å². The third-order valence-corrected chi connectivity index (χ3v) is 3.42. The number of nitrogens with zero attached hydrogens (tertiary/aromatic N) is 1. The van der Waals surface area contributed by atoms with E-state index in [1.807, 2.05) is 6.20 Å². The molecule has 2 unspecified atom stereocenters. The van der Waals surface area contributed by atoms with Gasteiger partial charge in [0, 0.05) is 13.6 Å². The predicted molar refractivity (Wildman–Crippen MR) is 49.3 cm³/mol. The Labute approximate surface area is 70.1 Å². The van der Waals surface area contributed by atoms with Crippen LogP contribution in [0.1, 0.15) is 20.8 Å². The normalized spacial score (nSPS) is 33.1. The van der Waals surface area contributed by atoms with Crippen molar-refractivity contribution in [3.05, 3.63) is 12.8 Å². The van der Waals surface area contributed by atoms with Gasteiger partial charge in [-0.3, -0.25) is 0 Å². The van der Waals surface area contributed by atoms with Gasteiger partial charge in [-0.25, -0.2) is 0 Å². The summed E-state index contributed by atoms with van der Waals surface area (Å²) in [5, 5.41) is 0. The lowest BCUT2D eigenvalue weighted by molar-refractivity contribution is 0.394. The van der Waals surface area contributed by atoms with Crippen molar-refractivity contribution in [3.8, 4) is 0 Å². The fourth-order valence-electron chi connectivity index (χ4n) is 1.80. The minimum atomic E-state index is 0.567. The molecule has 0 aromatic carbocycles. The fourth-order valence-corrected chi connectivity index (χ4v) is 1.80. The van der Waals surface area contributed by atoms with E-state index in [9.17, 15) is 0 Å². The van der Waals surface area contributed by atoms with E-state index in [1.165, 1.54) is 0 Å². The van der Waals surface area contributed by atoms with Crippen LogP contribution in [0.2, 0.25) is 0 Å². The molecule has 0 bridgehead atoms. The molecule has 0 saturated heterocycles. The van der Waals surface area contributed by atoms with Gasteiger partial charge in [-0.2, -0.15) is 0 Å². The number of hydrogen-bond acceptors (Lipinski definition) is 1. The van der Waals surface area contributed by atoms with Crippen LogP contribution < -0.4 is 0 Å². The third kappa shape index (κ3) is 1.42. The van der Waals surface area contributed by atoms with Gasteiger partial charge in [-0.05, 0) is 23.5 Å². The molecule has 11 heavy (non-hydrogen) atoms. The van der Waals surface area contributed by atoms with E-state index in [0.29, 0.717) is 5.41 Å². The Morgan fingerprint density at radius 1 is 1.55 bits per heavy atom. The van der Waals surface area contributed by atoms with Gasteiger partial charge in [-0.1, -0.05) is 27.4 Å². The summed E-state index contributed by atoms with van der Waals surface area (Å²) in [6.07, 6.45) is 1.90. The molecule has 1 aliphatic rings. The molecule has 2 atom stereocenters. The molecule has 0 aromatic heterocycles. The molecule has 64 valence electrons. The zero-order chi connectivity index (χ0) is 8.65. The summed E-state index contributed by atoms with van der Waals surface area (Å²) in [5.74, 6) is 1.75. The second kappa shape index (κ2) is 2.54. The highest BCUT2D eigenvalue weighted by atomic mass is 15.1. The molecule has 1 nitrogen and oxygen atoms in total. The molecule has 1 fully saturated rings. The standard InChI is InChI=1S/C10H19N/c1-6-11(5)7-9-8(2)10(9,3)4/h6,8-9H,1,7H2,2-5H3.